The number of rotatable bonds is 8. The topological polar surface area (TPSA) is 96.3 Å². The second-order valence-corrected chi connectivity index (χ2v) is 6.16. The Kier molecular flexibility index (Phi) is 7.00. The van der Waals surface area contributed by atoms with E-state index in [1.165, 1.54) is 17.5 Å². The number of nitriles is 1. The number of methoxy groups -OCH3 is 2. The number of ether oxygens (including phenoxy) is 2. The molecule has 2 rings (SSSR count). The molecule has 1 aromatic carbocycles. The van der Waals surface area contributed by atoms with Gasteiger partial charge in [-0.1, -0.05) is 6.07 Å². The van der Waals surface area contributed by atoms with Crippen molar-refractivity contribution in [2.75, 3.05) is 26.1 Å². The van der Waals surface area contributed by atoms with E-state index in [1.54, 1.807) is 14.2 Å². The first-order valence-electron chi connectivity index (χ1n) is 7.85. The third kappa shape index (κ3) is 5.22. The molecule has 8 heteroatoms. The Labute approximate surface area is 156 Å². The maximum atomic E-state index is 12.1. The van der Waals surface area contributed by atoms with Gasteiger partial charge >= 0.3 is 0 Å². The second kappa shape index (κ2) is 9.44. The van der Waals surface area contributed by atoms with E-state index in [2.05, 4.69) is 15.6 Å². The van der Waals surface area contributed by atoms with Gasteiger partial charge < -0.3 is 20.1 Å². The van der Waals surface area contributed by atoms with Crippen LogP contribution in [-0.2, 0) is 11.2 Å². The molecule has 0 saturated carbocycles. The number of amides is 1. The summed E-state index contributed by atoms with van der Waals surface area (Å²) in [5.74, 6) is 0.851. The highest BCUT2D eigenvalue weighted by molar-refractivity contribution is 7.13. The quantitative estimate of drug-likeness (QED) is 0.546. The zero-order valence-corrected chi connectivity index (χ0v) is 15.6. The van der Waals surface area contributed by atoms with Gasteiger partial charge in [-0.15, -0.1) is 11.3 Å². The van der Waals surface area contributed by atoms with E-state index in [0.29, 0.717) is 29.6 Å². The molecule has 136 valence electrons. The molecule has 1 heterocycles. The molecule has 1 amide bonds. The summed E-state index contributed by atoms with van der Waals surface area (Å²) < 4.78 is 10.5. The number of carbonyl (C=O) groups is 1. The van der Waals surface area contributed by atoms with Gasteiger partial charge in [-0.2, -0.15) is 5.26 Å². The molecule has 0 aliphatic carbocycles. The van der Waals surface area contributed by atoms with E-state index in [-0.39, 0.29) is 5.57 Å². The van der Waals surface area contributed by atoms with Crippen LogP contribution in [0.2, 0.25) is 0 Å². The van der Waals surface area contributed by atoms with Crippen LogP contribution in [0.5, 0.6) is 11.5 Å². The Bertz CT molecular complexity index is 839. The summed E-state index contributed by atoms with van der Waals surface area (Å²) in [6, 6.07) is 7.47. The number of nitrogens with one attached hydrogen (secondary N) is 2. The normalized spacial score (nSPS) is 10.8. The molecule has 1 aromatic heterocycles. The lowest BCUT2D eigenvalue weighted by atomic mass is 10.1. The van der Waals surface area contributed by atoms with E-state index in [1.807, 2.05) is 36.6 Å². The number of thiazole rings is 1. The highest BCUT2D eigenvalue weighted by Crippen LogP contribution is 2.27. The van der Waals surface area contributed by atoms with Gasteiger partial charge in [-0.05, 0) is 31.0 Å². The van der Waals surface area contributed by atoms with Crippen molar-refractivity contribution in [2.24, 2.45) is 0 Å². The molecule has 7 nitrogen and oxygen atoms in total. The fourth-order valence-corrected chi connectivity index (χ4v) is 2.81. The van der Waals surface area contributed by atoms with E-state index in [4.69, 9.17) is 14.7 Å². The summed E-state index contributed by atoms with van der Waals surface area (Å²) in [5, 5.41) is 17.3. The molecule has 0 spiro atoms. The number of aromatic nitrogens is 1. The van der Waals surface area contributed by atoms with E-state index >= 15 is 0 Å². The van der Waals surface area contributed by atoms with Crippen molar-refractivity contribution in [3.8, 4) is 17.6 Å². The molecular formula is C18H20N4O3S. The van der Waals surface area contributed by atoms with Crippen molar-refractivity contribution in [1.82, 2.24) is 10.3 Å². The lowest BCUT2D eigenvalue weighted by molar-refractivity contribution is -0.117. The van der Waals surface area contributed by atoms with Crippen molar-refractivity contribution in [2.45, 2.75) is 13.3 Å². The van der Waals surface area contributed by atoms with E-state index in [9.17, 15) is 4.79 Å². The summed E-state index contributed by atoms with van der Waals surface area (Å²) in [4.78, 5) is 16.3. The van der Waals surface area contributed by atoms with Crippen LogP contribution < -0.4 is 20.1 Å². The number of hydrogen-bond donors (Lipinski definition) is 2. The van der Waals surface area contributed by atoms with Gasteiger partial charge in [0.1, 0.15) is 11.6 Å². The van der Waals surface area contributed by atoms with E-state index < -0.39 is 5.91 Å². The lowest BCUT2D eigenvalue weighted by Gasteiger charge is -2.10. The number of aryl methyl sites for hydroxylation is 1. The smallest absolute Gasteiger partial charge is 0.263 e. The maximum absolute atomic E-state index is 12.1. The summed E-state index contributed by atoms with van der Waals surface area (Å²) in [6.45, 7) is 2.27. The van der Waals surface area contributed by atoms with Crippen LogP contribution in [0.25, 0.3) is 0 Å². The zero-order valence-electron chi connectivity index (χ0n) is 14.8. The van der Waals surface area contributed by atoms with Crippen LogP contribution in [0.15, 0.2) is 35.4 Å². The summed E-state index contributed by atoms with van der Waals surface area (Å²) >= 11 is 1.41. The predicted octanol–water partition coefficient (Wildman–Crippen LogP) is 2.65. The Hall–Kier alpha value is -3.05. The molecule has 26 heavy (non-hydrogen) atoms. The average Bonchev–Trinajstić information content (AvgIpc) is 3.07. The van der Waals surface area contributed by atoms with Crippen LogP contribution in [0.1, 0.15) is 11.3 Å². The van der Waals surface area contributed by atoms with Crippen molar-refractivity contribution in [1.29, 1.82) is 5.26 Å². The molecule has 0 saturated heterocycles. The number of benzene rings is 1. The molecule has 0 atom stereocenters. The number of anilines is 1. The van der Waals surface area contributed by atoms with Crippen LogP contribution in [0.4, 0.5) is 5.13 Å². The Morgan fingerprint density at radius 3 is 2.73 bits per heavy atom. The SMILES string of the molecule is COc1ccc(CCNC(=O)/C(C#N)=C\Nc2nc(C)cs2)cc1OC. The van der Waals surface area contributed by atoms with Crippen molar-refractivity contribution in [3.63, 3.8) is 0 Å². The van der Waals surface area contributed by atoms with Gasteiger partial charge in [0.25, 0.3) is 5.91 Å². The van der Waals surface area contributed by atoms with Crippen LogP contribution in [-0.4, -0.2) is 31.7 Å². The van der Waals surface area contributed by atoms with Gasteiger partial charge in [0.2, 0.25) is 0 Å². The third-order valence-corrected chi connectivity index (χ3v) is 4.36. The molecule has 0 radical (unpaired) electrons. The zero-order chi connectivity index (χ0) is 18.9. The minimum absolute atomic E-state index is 0.00911. The van der Waals surface area contributed by atoms with Gasteiger partial charge in [-0.25, -0.2) is 4.98 Å². The fraction of sp³-hybridized carbons (Fsp3) is 0.278. The Balaban J connectivity index is 1.89. The van der Waals surface area contributed by atoms with Crippen molar-refractivity contribution < 1.29 is 14.3 Å². The van der Waals surface area contributed by atoms with E-state index in [0.717, 1.165) is 11.3 Å². The number of hydrogen-bond acceptors (Lipinski definition) is 7. The molecular weight excluding hydrogens is 352 g/mol. The second-order valence-electron chi connectivity index (χ2n) is 5.30. The summed E-state index contributed by atoms with van der Waals surface area (Å²) in [5.41, 5.74) is 1.86. The molecule has 0 bridgehead atoms. The van der Waals surface area contributed by atoms with Gasteiger partial charge in [-0.3, -0.25) is 4.79 Å². The molecule has 2 N–H and O–H groups in total. The Morgan fingerprint density at radius 1 is 1.35 bits per heavy atom. The average molecular weight is 372 g/mol. The Morgan fingerprint density at radius 2 is 2.12 bits per heavy atom. The molecule has 0 aliphatic heterocycles. The standard InChI is InChI=1S/C18H20N4O3S/c1-12-11-26-18(22-12)21-10-14(9-19)17(23)20-7-6-13-4-5-15(24-2)16(8-13)25-3/h4-5,8,10-11H,6-7H2,1-3H3,(H,20,23)(H,21,22)/b14-10-. The minimum atomic E-state index is -0.436. The van der Waals surface area contributed by atoms with Gasteiger partial charge in [0.15, 0.2) is 16.6 Å². The van der Waals surface area contributed by atoms with Crippen LogP contribution in [0, 0.1) is 18.3 Å². The number of nitrogens with zero attached hydrogens (tertiary/aromatic N) is 2. The monoisotopic (exact) mass is 372 g/mol. The maximum Gasteiger partial charge on any atom is 0.263 e. The first-order valence-corrected chi connectivity index (χ1v) is 8.73. The first kappa shape index (κ1) is 19.3. The molecule has 0 aliphatic rings. The summed E-state index contributed by atoms with van der Waals surface area (Å²) in [6.07, 6.45) is 1.97. The molecule has 0 unspecified atom stereocenters. The fourth-order valence-electron chi connectivity index (χ4n) is 2.15. The van der Waals surface area contributed by atoms with Crippen molar-refractivity contribution >= 4 is 22.4 Å². The highest BCUT2D eigenvalue weighted by atomic mass is 32.1. The van der Waals surface area contributed by atoms with Gasteiger partial charge in [0.05, 0.1) is 19.9 Å². The summed E-state index contributed by atoms with van der Waals surface area (Å²) in [7, 11) is 3.15. The minimum Gasteiger partial charge on any atom is -0.493 e. The molecule has 0 fully saturated rings. The van der Waals surface area contributed by atoms with Crippen LogP contribution in [0.3, 0.4) is 0 Å². The highest BCUT2D eigenvalue weighted by Gasteiger charge is 2.09. The van der Waals surface area contributed by atoms with Crippen LogP contribution >= 0.6 is 11.3 Å². The largest absolute Gasteiger partial charge is 0.493 e. The van der Waals surface area contributed by atoms with Gasteiger partial charge in [0, 0.05) is 18.1 Å². The van der Waals surface area contributed by atoms with Crippen molar-refractivity contribution in [3.05, 3.63) is 46.6 Å². The predicted molar refractivity (Wildman–Crippen MR) is 100 cm³/mol. The lowest BCUT2D eigenvalue weighted by Crippen LogP contribution is -2.27. The molecule has 2 aromatic rings. The third-order valence-electron chi connectivity index (χ3n) is 3.47. The first-order chi connectivity index (χ1) is 12.6. The number of carbonyl (C=O) groups excluding carboxylic acids is 1.